The number of Topliss-reactive ketones (excluding diaryl/α,β-unsaturated/α-hetero) is 1. The number of esters is 1. The molecule has 1 aliphatic heterocycles. The topological polar surface area (TPSA) is 101 Å². The Kier molecular flexibility index (Phi) is 5.71. The van der Waals surface area contributed by atoms with Crippen molar-refractivity contribution in [1.29, 1.82) is 0 Å². The quantitative estimate of drug-likeness (QED) is 0.310. The number of nitrogens with zero attached hydrogens (tertiary/aromatic N) is 2. The van der Waals surface area contributed by atoms with Gasteiger partial charge in [0.1, 0.15) is 4.88 Å². The van der Waals surface area contributed by atoms with Gasteiger partial charge in [0, 0.05) is 36.2 Å². The maximum Gasteiger partial charge on any atom is 0.349 e. The van der Waals surface area contributed by atoms with Gasteiger partial charge in [0.25, 0.3) is 0 Å². The zero-order chi connectivity index (χ0) is 19.6. The van der Waals surface area contributed by atoms with Gasteiger partial charge in [0.2, 0.25) is 5.78 Å². The molecule has 1 aliphatic rings. The third-order valence-electron chi connectivity index (χ3n) is 4.59. The van der Waals surface area contributed by atoms with Crippen LogP contribution in [0.3, 0.4) is 0 Å². The zero-order valence-electron chi connectivity index (χ0n) is 15.1. The molecule has 2 aromatic rings. The Hall–Kier alpha value is -2.52. The zero-order valence-corrected chi connectivity index (χ0v) is 15.9. The molecule has 3 heterocycles. The summed E-state index contributed by atoms with van der Waals surface area (Å²) >= 11 is 0.721. The third kappa shape index (κ3) is 4.25. The number of aromatic nitrogens is 1. The van der Waals surface area contributed by atoms with Crippen LogP contribution in [0.1, 0.15) is 44.3 Å². The molecule has 2 aromatic heterocycles. The Morgan fingerprint density at radius 1 is 1.41 bits per heavy atom. The first kappa shape index (κ1) is 19.2. The Morgan fingerprint density at radius 2 is 2.19 bits per heavy atom. The number of hydrogen-bond acceptors (Lipinski definition) is 7. The Balaban J connectivity index is 1.63. The Bertz CT molecular complexity index is 879. The van der Waals surface area contributed by atoms with Gasteiger partial charge in [-0.3, -0.25) is 14.9 Å². The van der Waals surface area contributed by atoms with Crippen molar-refractivity contribution in [3.05, 3.63) is 50.1 Å². The molecule has 8 nitrogen and oxygen atoms in total. The molecule has 0 unspecified atom stereocenters. The van der Waals surface area contributed by atoms with Crippen molar-refractivity contribution < 1.29 is 24.0 Å². The Morgan fingerprint density at radius 3 is 2.81 bits per heavy atom. The standard InChI is InChI=1S/C18H20N2O6S/c1-11-8-14(12(2)19(11)9-13-4-3-7-25-13)15(21)10-26-18(22)16-5-6-17(27-16)20(23)24/h5-6,8,13H,3-4,7,9-10H2,1-2H3/t13-/m0/s1. The van der Waals surface area contributed by atoms with Crippen LogP contribution in [0.4, 0.5) is 5.00 Å². The first-order valence-electron chi connectivity index (χ1n) is 8.59. The van der Waals surface area contributed by atoms with Crippen molar-refractivity contribution in [3.8, 4) is 0 Å². The van der Waals surface area contributed by atoms with E-state index in [1.807, 2.05) is 18.4 Å². The molecule has 0 saturated carbocycles. The first-order chi connectivity index (χ1) is 12.9. The highest BCUT2D eigenvalue weighted by Crippen LogP contribution is 2.25. The van der Waals surface area contributed by atoms with Crippen molar-refractivity contribution in [3.63, 3.8) is 0 Å². The molecule has 0 bridgehead atoms. The van der Waals surface area contributed by atoms with E-state index in [1.165, 1.54) is 12.1 Å². The molecule has 0 aromatic carbocycles. The summed E-state index contributed by atoms with van der Waals surface area (Å²) in [5, 5.41) is 10.5. The van der Waals surface area contributed by atoms with E-state index in [0.717, 1.165) is 42.2 Å². The number of rotatable bonds is 7. The van der Waals surface area contributed by atoms with E-state index in [1.54, 1.807) is 6.07 Å². The second-order valence-electron chi connectivity index (χ2n) is 6.42. The van der Waals surface area contributed by atoms with E-state index in [2.05, 4.69) is 0 Å². The van der Waals surface area contributed by atoms with Crippen LogP contribution in [0.15, 0.2) is 18.2 Å². The lowest BCUT2D eigenvalue weighted by atomic mass is 10.1. The average molecular weight is 392 g/mol. The average Bonchev–Trinajstić information content (AvgIpc) is 3.36. The lowest BCUT2D eigenvalue weighted by Crippen LogP contribution is -2.18. The van der Waals surface area contributed by atoms with Crippen molar-refractivity contribution in [2.24, 2.45) is 0 Å². The van der Waals surface area contributed by atoms with Crippen molar-refractivity contribution in [2.45, 2.75) is 39.3 Å². The van der Waals surface area contributed by atoms with Crippen LogP contribution in [0.25, 0.3) is 0 Å². The molecule has 0 amide bonds. The fourth-order valence-corrected chi connectivity index (χ4v) is 3.89. The lowest BCUT2D eigenvalue weighted by Gasteiger charge is -2.14. The van der Waals surface area contributed by atoms with Crippen molar-refractivity contribution >= 4 is 28.1 Å². The van der Waals surface area contributed by atoms with E-state index in [-0.39, 0.29) is 21.8 Å². The number of aryl methyl sites for hydroxylation is 1. The minimum Gasteiger partial charge on any atom is -0.453 e. The van der Waals surface area contributed by atoms with Crippen LogP contribution in [-0.2, 0) is 16.0 Å². The minimum atomic E-state index is -0.741. The fourth-order valence-electron chi connectivity index (χ4n) is 3.17. The SMILES string of the molecule is Cc1cc(C(=O)COC(=O)c2ccc([N+](=O)[O-])s2)c(C)n1C[C@@H]1CCCO1. The molecule has 0 N–H and O–H groups in total. The van der Waals surface area contributed by atoms with Gasteiger partial charge >= 0.3 is 11.0 Å². The summed E-state index contributed by atoms with van der Waals surface area (Å²) in [5.74, 6) is -1.05. The van der Waals surface area contributed by atoms with Crippen molar-refractivity contribution in [1.82, 2.24) is 4.57 Å². The summed E-state index contributed by atoms with van der Waals surface area (Å²) in [7, 11) is 0. The van der Waals surface area contributed by atoms with Gasteiger partial charge in [-0.1, -0.05) is 11.3 Å². The smallest absolute Gasteiger partial charge is 0.349 e. The second kappa shape index (κ2) is 8.01. The van der Waals surface area contributed by atoms with E-state index in [0.29, 0.717) is 12.1 Å². The van der Waals surface area contributed by atoms with E-state index >= 15 is 0 Å². The van der Waals surface area contributed by atoms with Crippen LogP contribution in [0.2, 0.25) is 0 Å². The molecule has 3 rings (SSSR count). The highest BCUT2D eigenvalue weighted by molar-refractivity contribution is 7.17. The summed E-state index contributed by atoms with van der Waals surface area (Å²) in [5.41, 5.74) is 2.28. The molecular weight excluding hydrogens is 372 g/mol. The van der Waals surface area contributed by atoms with Gasteiger partial charge in [-0.05, 0) is 38.8 Å². The number of nitro groups is 1. The molecule has 1 saturated heterocycles. The van der Waals surface area contributed by atoms with Gasteiger partial charge < -0.3 is 14.0 Å². The largest absolute Gasteiger partial charge is 0.453 e. The van der Waals surface area contributed by atoms with E-state index < -0.39 is 17.5 Å². The number of carbonyl (C=O) groups is 2. The van der Waals surface area contributed by atoms with Gasteiger partial charge in [0.15, 0.2) is 6.61 Å². The summed E-state index contributed by atoms with van der Waals surface area (Å²) in [4.78, 5) is 34.7. The Labute approximate surface area is 159 Å². The molecule has 144 valence electrons. The van der Waals surface area contributed by atoms with Gasteiger partial charge in [0.05, 0.1) is 11.0 Å². The van der Waals surface area contributed by atoms with Crippen LogP contribution < -0.4 is 0 Å². The molecule has 9 heteroatoms. The number of ether oxygens (including phenoxy) is 2. The highest BCUT2D eigenvalue weighted by Gasteiger charge is 2.22. The monoisotopic (exact) mass is 392 g/mol. The molecular formula is C18H20N2O6S. The first-order valence-corrected chi connectivity index (χ1v) is 9.41. The number of carbonyl (C=O) groups excluding carboxylic acids is 2. The number of thiophene rings is 1. The molecule has 1 fully saturated rings. The van der Waals surface area contributed by atoms with E-state index in [4.69, 9.17) is 9.47 Å². The summed E-state index contributed by atoms with van der Waals surface area (Å²) in [6.07, 6.45) is 2.21. The maximum absolute atomic E-state index is 12.5. The number of ketones is 1. The number of hydrogen-bond donors (Lipinski definition) is 0. The molecule has 1 atom stereocenters. The highest BCUT2D eigenvalue weighted by atomic mass is 32.1. The predicted molar refractivity (Wildman–Crippen MR) is 98.5 cm³/mol. The second-order valence-corrected chi connectivity index (χ2v) is 7.49. The lowest BCUT2D eigenvalue weighted by molar-refractivity contribution is -0.380. The van der Waals surface area contributed by atoms with Gasteiger partial charge in [-0.2, -0.15) is 0 Å². The predicted octanol–water partition coefficient (Wildman–Crippen LogP) is 3.29. The summed E-state index contributed by atoms with van der Waals surface area (Å²) < 4.78 is 12.8. The normalized spacial score (nSPS) is 16.4. The van der Waals surface area contributed by atoms with Crippen LogP contribution in [0.5, 0.6) is 0 Å². The van der Waals surface area contributed by atoms with E-state index in [9.17, 15) is 19.7 Å². The maximum atomic E-state index is 12.5. The van der Waals surface area contributed by atoms with Gasteiger partial charge in [-0.25, -0.2) is 4.79 Å². The fraction of sp³-hybridized carbons (Fsp3) is 0.444. The molecule has 27 heavy (non-hydrogen) atoms. The van der Waals surface area contributed by atoms with Crippen molar-refractivity contribution in [2.75, 3.05) is 13.2 Å². The molecule has 0 spiro atoms. The molecule has 0 radical (unpaired) electrons. The minimum absolute atomic E-state index is 0.0957. The molecule has 0 aliphatic carbocycles. The summed E-state index contributed by atoms with van der Waals surface area (Å²) in [6, 6.07) is 4.35. The summed E-state index contributed by atoms with van der Waals surface area (Å²) in [6.45, 7) is 4.85. The van der Waals surface area contributed by atoms with Crippen LogP contribution in [0, 0.1) is 24.0 Å². The van der Waals surface area contributed by atoms with Gasteiger partial charge in [-0.15, -0.1) is 0 Å². The van der Waals surface area contributed by atoms with Crippen LogP contribution in [-0.4, -0.2) is 40.6 Å². The third-order valence-corrected chi connectivity index (χ3v) is 5.61. The van der Waals surface area contributed by atoms with Crippen LogP contribution >= 0.6 is 11.3 Å².